The third-order valence-corrected chi connectivity index (χ3v) is 8.67. The maximum Gasteiger partial charge on any atom is 0.160 e. The van der Waals surface area contributed by atoms with E-state index in [-0.39, 0.29) is 0 Å². The SMILES string of the molecule is c1ccc(-c2ccc(N(c3ccccc3)c3c(-c4ccccc4)ccc4c3oc3ccc5oc6ccccc6c5c34)cc2)cc1. The molecule has 45 heavy (non-hydrogen) atoms. The molecule has 0 aliphatic carbocycles. The average Bonchev–Trinajstić information content (AvgIpc) is 3.68. The fourth-order valence-electron chi connectivity index (χ4n) is 6.62. The van der Waals surface area contributed by atoms with E-state index in [0.717, 1.165) is 72.1 Å². The smallest absolute Gasteiger partial charge is 0.160 e. The first-order valence-corrected chi connectivity index (χ1v) is 15.2. The monoisotopic (exact) mass is 577 g/mol. The van der Waals surface area contributed by atoms with Crippen molar-refractivity contribution in [3.05, 3.63) is 164 Å². The number of nitrogens with zero attached hydrogens (tertiary/aromatic N) is 1. The van der Waals surface area contributed by atoms with Crippen LogP contribution in [0.25, 0.3) is 66.1 Å². The molecule has 3 nitrogen and oxygen atoms in total. The topological polar surface area (TPSA) is 29.5 Å². The Morgan fingerprint density at radius 2 is 0.911 bits per heavy atom. The Morgan fingerprint density at radius 1 is 0.356 bits per heavy atom. The van der Waals surface area contributed by atoms with E-state index in [2.05, 4.69) is 138 Å². The minimum Gasteiger partial charge on any atom is -0.456 e. The second kappa shape index (κ2) is 10.3. The van der Waals surface area contributed by atoms with Crippen LogP contribution in [0.2, 0.25) is 0 Å². The lowest BCUT2D eigenvalue weighted by Crippen LogP contribution is -2.11. The van der Waals surface area contributed by atoms with Crippen LogP contribution < -0.4 is 4.90 Å². The quantitative estimate of drug-likeness (QED) is 0.204. The molecule has 0 radical (unpaired) electrons. The summed E-state index contributed by atoms with van der Waals surface area (Å²) < 4.78 is 13.2. The van der Waals surface area contributed by atoms with E-state index in [0.29, 0.717) is 0 Å². The summed E-state index contributed by atoms with van der Waals surface area (Å²) in [7, 11) is 0. The number of benzene rings is 7. The van der Waals surface area contributed by atoms with Crippen LogP contribution in [0.4, 0.5) is 17.1 Å². The minimum absolute atomic E-state index is 0.833. The molecule has 0 saturated heterocycles. The van der Waals surface area contributed by atoms with Crippen molar-refractivity contribution >= 4 is 60.9 Å². The number of hydrogen-bond donors (Lipinski definition) is 0. The molecule has 0 saturated carbocycles. The maximum atomic E-state index is 6.91. The van der Waals surface area contributed by atoms with Gasteiger partial charge in [0.25, 0.3) is 0 Å². The summed E-state index contributed by atoms with van der Waals surface area (Å²) in [5.74, 6) is 0. The lowest BCUT2D eigenvalue weighted by molar-refractivity contribution is 0.663. The Bertz CT molecular complexity index is 2460. The lowest BCUT2D eigenvalue weighted by atomic mass is 9.98. The van der Waals surface area contributed by atoms with E-state index in [9.17, 15) is 0 Å². The molecule has 0 aliphatic heterocycles. The summed E-state index contributed by atoms with van der Waals surface area (Å²) in [6.45, 7) is 0. The van der Waals surface area contributed by atoms with Crippen molar-refractivity contribution in [2.75, 3.05) is 4.90 Å². The second-order valence-electron chi connectivity index (χ2n) is 11.3. The van der Waals surface area contributed by atoms with Crippen molar-refractivity contribution in [3.8, 4) is 22.3 Å². The Hall–Kier alpha value is -6.06. The fraction of sp³-hybridized carbons (Fsp3) is 0. The summed E-state index contributed by atoms with van der Waals surface area (Å²) in [4.78, 5) is 2.33. The molecule has 0 spiro atoms. The molecule has 0 bridgehead atoms. The van der Waals surface area contributed by atoms with Gasteiger partial charge in [0, 0.05) is 38.5 Å². The molecular formula is C42H27NO2. The zero-order chi connectivity index (χ0) is 29.7. The lowest BCUT2D eigenvalue weighted by Gasteiger charge is -2.28. The van der Waals surface area contributed by atoms with Crippen LogP contribution in [0, 0.1) is 0 Å². The van der Waals surface area contributed by atoms with Gasteiger partial charge in [0.05, 0.1) is 5.69 Å². The van der Waals surface area contributed by atoms with Gasteiger partial charge in [-0.3, -0.25) is 0 Å². The van der Waals surface area contributed by atoms with Crippen molar-refractivity contribution in [1.29, 1.82) is 0 Å². The number of anilines is 3. The zero-order valence-corrected chi connectivity index (χ0v) is 24.4. The van der Waals surface area contributed by atoms with E-state index in [4.69, 9.17) is 8.83 Å². The summed E-state index contributed by atoms with van der Waals surface area (Å²) >= 11 is 0. The minimum atomic E-state index is 0.833. The molecule has 9 rings (SSSR count). The van der Waals surface area contributed by atoms with E-state index in [1.54, 1.807) is 0 Å². The average molecular weight is 578 g/mol. The number of fused-ring (bicyclic) bond motifs is 7. The van der Waals surface area contributed by atoms with Gasteiger partial charge in [0.15, 0.2) is 5.58 Å². The third-order valence-electron chi connectivity index (χ3n) is 8.67. The Morgan fingerprint density at radius 3 is 1.64 bits per heavy atom. The van der Waals surface area contributed by atoms with Crippen LogP contribution in [-0.2, 0) is 0 Å². The van der Waals surface area contributed by atoms with Gasteiger partial charge in [-0.15, -0.1) is 0 Å². The molecule has 0 atom stereocenters. The predicted octanol–water partition coefficient (Wildman–Crippen LogP) is 12.3. The van der Waals surface area contributed by atoms with Gasteiger partial charge in [-0.05, 0) is 65.2 Å². The number of para-hydroxylation sites is 2. The molecule has 2 heterocycles. The Labute approximate surface area is 260 Å². The molecule has 0 fully saturated rings. The zero-order valence-electron chi connectivity index (χ0n) is 24.4. The van der Waals surface area contributed by atoms with Gasteiger partial charge in [0.2, 0.25) is 0 Å². The van der Waals surface area contributed by atoms with Crippen LogP contribution in [0.3, 0.4) is 0 Å². The molecular weight excluding hydrogens is 550 g/mol. The first kappa shape index (κ1) is 25.4. The number of furan rings is 2. The van der Waals surface area contributed by atoms with Crippen LogP contribution in [-0.4, -0.2) is 0 Å². The standard InChI is InChI=1S/C42H27NO2/c1-4-12-28(13-5-1)29-20-22-32(23-21-29)43(31-16-8-3-9-17-31)41-33(30-14-6-2-7-15-30)24-25-35-40-38(45-42(35)41)27-26-37-39(40)34-18-10-11-19-36(34)44-37/h1-27H. The Kier molecular flexibility index (Phi) is 5.82. The van der Waals surface area contributed by atoms with Gasteiger partial charge in [-0.25, -0.2) is 0 Å². The summed E-state index contributed by atoms with van der Waals surface area (Å²) in [5.41, 5.74) is 11.1. The highest BCUT2D eigenvalue weighted by atomic mass is 16.3. The number of rotatable bonds is 5. The van der Waals surface area contributed by atoms with Gasteiger partial charge < -0.3 is 13.7 Å². The second-order valence-corrected chi connectivity index (χ2v) is 11.3. The molecule has 0 aliphatic rings. The normalized spacial score (nSPS) is 11.6. The molecule has 7 aromatic carbocycles. The Balaban J connectivity index is 1.37. The highest BCUT2D eigenvalue weighted by molar-refractivity contribution is 6.27. The highest BCUT2D eigenvalue weighted by Gasteiger charge is 2.25. The largest absolute Gasteiger partial charge is 0.456 e. The molecule has 0 N–H and O–H groups in total. The molecule has 3 heteroatoms. The molecule has 0 unspecified atom stereocenters. The van der Waals surface area contributed by atoms with Crippen molar-refractivity contribution in [3.63, 3.8) is 0 Å². The highest BCUT2D eigenvalue weighted by Crippen LogP contribution is 2.49. The van der Waals surface area contributed by atoms with E-state index >= 15 is 0 Å². The van der Waals surface area contributed by atoms with E-state index in [1.807, 2.05) is 30.3 Å². The third kappa shape index (κ3) is 4.13. The first-order chi connectivity index (χ1) is 22.3. The predicted molar refractivity (Wildman–Crippen MR) is 187 cm³/mol. The van der Waals surface area contributed by atoms with E-state index < -0.39 is 0 Å². The molecule has 2 aromatic heterocycles. The van der Waals surface area contributed by atoms with Crippen molar-refractivity contribution < 1.29 is 8.83 Å². The summed E-state index contributed by atoms with van der Waals surface area (Å²) in [6, 6.07) is 57.1. The van der Waals surface area contributed by atoms with Crippen LogP contribution in [0.15, 0.2) is 173 Å². The van der Waals surface area contributed by atoms with Gasteiger partial charge in [0.1, 0.15) is 16.7 Å². The summed E-state index contributed by atoms with van der Waals surface area (Å²) in [6.07, 6.45) is 0. The maximum absolute atomic E-state index is 6.91. The molecule has 0 amide bonds. The van der Waals surface area contributed by atoms with Gasteiger partial charge in [-0.2, -0.15) is 0 Å². The van der Waals surface area contributed by atoms with Gasteiger partial charge >= 0.3 is 0 Å². The fourth-order valence-corrected chi connectivity index (χ4v) is 6.62. The number of hydrogen-bond acceptors (Lipinski definition) is 3. The summed E-state index contributed by atoms with van der Waals surface area (Å²) in [5, 5.41) is 4.30. The van der Waals surface area contributed by atoms with Crippen LogP contribution in [0.1, 0.15) is 0 Å². The van der Waals surface area contributed by atoms with Crippen molar-refractivity contribution in [2.24, 2.45) is 0 Å². The van der Waals surface area contributed by atoms with Gasteiger partial charge in [-0.1, -0.05) is 115 Å². The van der Waals surface area contributed by atoms with E-state index in [1.165, 1.54) is 11.1 Å². The van der Waals surface area contributed by atoms with Crippen molar-refractivity contribution in [2.45, 2.75) is 0 Å². The van der Waals surface area contributed by atoms with Crippen LogP contribution in [0.5, 0.6) is 0 Å². The van der Waals surface area contributed by atoms with Crippen LogP contribution >= 0.6 is 0 Å². The first-order valence-electron chi connectivity index (χ1n) is 15.2. The molecule has 9 aromatic rings. The molecule has 212 valence electrons. The van der Waals surface area contributed by atoms with Crippen molar-refractivity contribution in [1.82, 2.24) is 0 Å².